The lowest BCUT2D eigenvalue weighted by Crippen LogP contribution is -2.39. The molecule has 178 valence electrons. The molecule has 1 aromatic rings. The van der Waals surface area contributed by atoms with Crippen LogP contribution in [0, 0.1) is 17.8 Å². The van der Waals surface area contributed by atoms with Crippen molar-refractivity contribution in [2.24, 2.45) is 5.41 Å². The molecule has 0 radical (unpaired) electrons. The number of allylic oxidation sites excluding steroid dienone is 7. The zero-order valence-corrected chi connectivity index (χ0v) is 21.8. The predicted octanol–water partition coefficient (Wildman–Crippen LogP) is 7.45. The number of hydrogen-bond acceptors (Lipinski definition) is 2. The number of terminal acetylenes is 1. The molecule has 1 aromatic carbocycles. The van der Waals surface area contributed by atoms with Crippen LogP contribution in [0.2, 0.25) is 0 Å². The van der Waals surface area contributed by atoms with E-state index in [9.17, 15) is 0 Å². The summed E-state index contributed by atoms with van der Waals surface area (Å²) in [7, 11) is 0. The van der Waals surface area contributed by atoms with Crippen molar-refractivity contribution in [3.05, 3.63) is 82.7 Å². The van der Waals surface area contributed by atoms with Gasteiger partial charge in [-0.25, -0.2) is 0 Å². The Kier molecular flexibility index (Phi) is 6.43. The zero-order valence-electron chi connectivity index (χ0n) is 21.8. The van der Waals surface area contributed by atoms with Crippen molar-refractivity contribution >= 4 is 11.3 Å². The van der Waals surface area contributed by atoms with E-state index in [1.165, 1.54) is 52.9 Å². The summed E-state index contributed by atoms with van der Waals surface area (Å²) in [5.41, 5.74) is 10.9. The van der Waals surface area contributed by atoms with Crippen LogP contribution >= 0.6 is 0 Å². The monoisotopic (exact) mass is 452 g/mol. The van der Waals surface area contributed by atoms with E-state index in [1.54, 1.807) is 0 Å². The molecule has 34 heavy (non-hydrogen) atoms. The van der Waals surface area contributed by atoms with Crippen molar-refractivity contribution in [3.8, 4) is 12.3 Å². The number of aryl methyl sites for hydroxylation is 1. The Morgan fingerprint density at radius 1 is 1.12 bits per heavy atom. The average Bonchev–Trinajstić information content (AvgIpc) is 2.91. The molecule has 0 amide bonds. The molecular weight excluding hydrogens is 412 g/mol. The van der Waals surface area contributed by atoms with Gasteiger partial charge < -0.3 is 10.2 Å². The quantitative estimate of drug-likeness (QED) is 0.479. The number of hydrogen-bond donors (Lipinski definition) is 1. The van der Waals surface area contributed by atoms with Crippen LogP contribution in [0.15, 0.2) is 66.1 Å². The summed E-state index contributed by atoms with van der Waals surface area (Å²) < 4.78 is 0. The highest BCUT2D eigenvalue weighted by Gasteiger charge is 2.38. The molecule has 2 nitrogen and oxygen atoms in total. The number of anilines is 1. The molecule has 0 unspecified atom stereocenters. The third kappa shape index (κ3) is 4.18. The van der Waals surface area contributed by atoms with Crippen LogP contribution in [0.3, 0.4) is 0 Å². The first-order valence-electron chi connectivity index (χ1n) is 12.8. The summed E-state index contributed by atoms with van der Waals surface area (Å²) in [6.45, 7) is 22.8. The topological polar surface area (TPSA) is 15.3 Å². The van der Waals surface area contributed by atoms with Crippen LogP contribution in [0.5, 0.6) is 0 Å². The second kappa shape index (κ2) is 9.03. The highest BCUT2D eigenvalue weighted by Crippen LogP contribution is 2.48. The third-order valence-corrected chi connectivity index (χ3v) is 8.46. The first kappa shape index (κ1) is 24.2. The standard InChI is InChI=1S/C32H40N2/c1-9-24-13-12-14-26-23(5)27-20-25(10-2)29(34-17-15-32(8,11-3)16-18-34)21-28(27)31(6,7)30(26)33-22(4)19-24/h1,12-13,19-21,33H,4-5,10-11,14-18H2,2-3,6-8H3. The van der Waals surface area contributed by atoms with Crippen LogP contribution < -0.4 is 10.2 Å². The molecule has 1 fully saturated rings. The van der Waals surface area contributed by atoms with E-state index in [0.717, 1.165) is 42.8 Å². The Morgan fingerprint density at radius 2 is 1.82 bits per heavy atom. The van der Waals surface area contributed by atoms with Gasteiger partial charge in [-0.15, -0.1) is 6.42 Å². The van der Waals surface area contributed by atoms with Crippen molar-refractivity contribution in [1.82, 2.24) is 5.32 Å². The first-order valence-corrected chi connectivity index (χ1v) is 12.8. The van der Waals surface area contributed by atoms with Gasteiger partial charge in [-0.05, 0) is 77.1 Å². The average molecular weight is 453 g/mol. The molecule has 2 heteroatoms. The van der Waals surface area contributed by atoms with Gasteiger partial charge in [0.25, 0.3) is 0 Å². The van der Waals surface area contributed by atoms with Crippen molar-refractivity contribution in [1.29, 1.82) is 0 Å². The molecule has 4 rings (SSSR count). The van der Waals surface area contributed by atoms with Gasteiger partial charge in [-0.2, -0.15) is 0 Å². The van der Waals surface area contributed by atoms with Crippen molar-refractivity contribution in [2.45, 2.75) is 72.1 Å². The number of nitrogens with zero attached hydrogens (tertiary/aromatic N) is 1. The number of fused-ring (bicyclic) bond motifs is 1. The predicted molar refractivity (Wildman–Crippen MR) is 148 cm³/mol. The second-order valence-corrected chi connectivity index (χ2v) is 11.0. The van der Waals surface area contributed by atoms with Gasteiger partial charge >= 0.3 is 0 Å². The smallest absolute Gasteiger partial charge is 0.0402 e. The lowest BCUT2D eigenvalue weighted by atomic mass is 9.68. The largest absolute Gasteiger partial charge is 0.371 e. The van der Waals surface area contributed by atoms with E-state index >= 15 is 0 Å². The minimum atomic E-state index is -0.203. The van der Waals surface area contributed by atoms with Gasteiger partial charge in [-0.3, -0.25) is 0 Å². The first-order chi connectivity index (χ1) is 16.1. The van der Waals surface area contributed by atoms with Crippen LogP contribution in [0.4, 0.5) is 5.69 Å². The molecule has 0 bridgehead atoms. The summed E-state index contributed by atoms with van der Waals surface area (Å²) in [5, 5.41) is 3.63. The van der Waals surface area contributed by atoms with E-state index in [1.807, 2.05) is 12.2 Å². The maximum absolute atomic E-state index is 5.70. The molecule has 3 aliphatic rings. The van der Waals surface area contributed by atoms with Crippen molar-refractivity contribution in [3.63, 3.8) is 0 Å². The maximum Gasteiger partial charge on any atom is 0.0402 e. The lowest BCUT2D eigenvalue weighted by Gasteiger charge is -2.43. The van der Waals surface area contributed by atoms with E-state index in [0.29, 0.717) is 5.41 Å². The Balaban J connectivity index is 1.79. The molecule has 1 aliphatic carbocycles. The fourth-order valence-electron chi connectivity index (χ4n) is 5.73. The van der Waals surface area contributed by atoms with Gasteiger partial charge in [0.05, 0.1) is 0 Å². The van der Waals surface area contributed by atoms with Crippen LogP contribution in [-0.4, -0.2) is 13.1 Å². The van der Waals surface area contributed by atoms with Crippen LogP contribution in [0.25, 0.3) is 5.57 Å². The highest BCUT2D eigenvalue weighted by atomic mass is 15.1. The van der Waals surface area contributed by atoms with Gasteiger partial charge in [0.2, 0.25) is 0 Å². The Hall–Kier alpha value is -2.92. The van der Waals surface area contributed by atoms with Crippen molar-refractivity contribution in [2.75, 3.05) is 18.0 Å². The molecular formula is C32H40N2. The Bertz CT molecular complexity index is 1150. The maximum atomic E-state index is 5.70. The van der Waals surface area contributed by atoms with Gasteiger partial charge in [0.15, 0.2) is 0 Å². The number of benzene rings is 1. The third-order valence-electron chi connectivity index (χ3n) is 8.46. The van der Waals surface area contributed by atoms with E-state index in [2.05, 4.69) is 82.1 Å². The van der Waals surface area contributed by atoms with E-state index in [-0.39, 0.29) is 5.41 Å². The molecule has 2 aliphatic heterocycles. The summed E-state index contributed by atoms with van der Waals surface area (Å²) in [4.78, 5) is 2.62. The number of piperidine rings is 1. The lowest BCUT2D eigenvalue weighted by molar-refractivity contribution is 0.238. The SMILES string of the molecule is C#CC1=CC(=C)NC2=C(CC=C1)C(=C)c1cc(CC)c(N3CCC(C)(CC)CC3)cc1C2(C)C. The van der Waals surface area contributed by atoms with E-state index < -0.39 is 0 Å². The second-order valence-electron chi connectivity index (χ2n) is 11.0. The summed E-state index contributed by atoms with van der Waals surface area (Å²) in [6, 6.07) is 4.88. The van der Waals surface area contributed by atoms with Gasteiger partial charge in [0.1, 0.15) is 0 Å². The van der Waals surface area contributed by atoms with Crippen LogP contribution in [-0.2, 0) is 11.8 Å². The van der Waals surface area contributed by atoms with Gasteiger partial charge in [0, 0.05) is 41.2 Å². The minimum Gasteiger partial charge on any atom is -0.371 e. The summed E-state index contributed by atoms with van der Waals surface area (Å²) >= 11 is 0. The molecule has 0 aromatic heterocycles. The highest BCUT2D eigenvalue weighted by molar-refractivity contribution is 5.86. The van der Waals surface area contributed by atoms with E-state index in [4.69, 9.17) is 6.42 Å². The Labute approximate surface area is 207 Å². The zero-order chi connectivity index (χ0) is 24.7. The van der Waals surface area contributed by atoms with Gasteiger partial charge in [-0.1, -0.05) is 72.3 Å². The molecule has 1 N–H and O–H groups in total. The fraction of sp³-hybridized carbons (Fsp3) is 0.438. The summed E-state index contributed by atoms with van der Waals surface area (Å²) in [6.07, 6.45) is 17.4. The van der Waals surface area contributed by atoms with Crippen molar-refractivity contribution < 1.29 is 0 Å². The normalized spacial score (nSPS) is 21.4. The molecule has 0 saturated carbocycles. The number of rotatable bonds is 3. The Morgan fingerprint density at radius 3 is 2.44 bits per heavy atom. The molecule has 0 atom stereocenters. The number of nitrogens with one attached hydrogen (secondary N) is 1. The fourth-order valence-corrected chi connectivity index (χ4v) is 5.73. The minimum absolute atomic E-state index is 0.203. The molecule has 1 saturated heterocycles. The summed E-state index contributed by atoms with van der Waals surface area (Å²) in [5.74, 6) is 2.76. The van der Waals surface area contributed by atoms with Crippen LogP contribution in [0.1, 0.15) is 77.0 Å². The molecule has 2 heterocycles. The molecule has 0 spiro atoms.